The zero-order valence-electron chi connectivity index (χ0n) is 37.8. The molecule has 0 saturated carbocycles. The largest absolute Gasteiger partial charge is 0.460 e. The van der Waals surface area contributed by atoms with E-state index in [0.717, 1.165) is 73.7 Å². The molecule has 0 fully saturated rings. The molecule has 9 aromatic carbocycles. The van der Waals surface area contributed by atoms with Gasteiger partial charge < -0.3 is 8.98 Å². The number of hydrogen-bond acceptors (Lipinski definition) is 4. The van der Waals surface area contributed by atoms with Gasteiger partial charge >= 0.3 is 0 Å². The normalized spacial score (nSPS) is 13.9. The monoisotopic (exact) mass is 893 g/mol. The maximum Gasteiger partial charge on any atom is 0.238 e. The van der Waals surface area contributed by atoms with Crippen molar-refractivity contribution < 1.29 is 4.42 Å². The van der Waals surface area contributed by atoms with E-state index in [0.29, 0.717) is 17.6 Å². The molecule has 0 amide bonds. The Kier molecular flexibility index (Phi) is 7.56. The molecular weight excluding hydrogens is 855 g/mol. The number of aryl methyl sites for hydroxylation is 1. The topological polar surface area (TPSA) is 61.7 Å². The van der Waals surface area contributed by atoms with Gasteiger partial charge in [-0.1, -0.05) is 170 Å². The SMILES string of the molecule is C1=Cc2c(oc3cc(-c4nc(-c5cccc(-n6c7ccccc7c7ccc8c(c76)-c6ccccc6C86c7ccccc7-c7ccccc76)c5)nc(-n5c6ccccc6c6ccccc65)n4)ccc23)CC1. The molecule has 1 spiro atoms. The zero-order valence-corrected chi connectivity index (χ0v) is 37.8. The van der Waals surface area contributed by atoms with Gasteiger partial charge in [0, 0.05) is 61.3 Å². The van der Waals surface area contributed by atoms with E-state index in [2.05, 4.69) is 221 Å². The predicted molar refractivity (Wildman–Crippen MR) is 283 cm³/mol. The molecule has 0 atom stereocenters. The first-order valence-electron chi connectivity index (χ1n) is 24.2. The summed E-state index contributed by atoms with van der Waals surface area (Å²) in [6.07, 6.45) is 6.29. The van der Waals surface area contributed by atoms with Gasteiger partial charge in [0.15, 0.2) is 11.6 Å². The van der Waals surface area contributed by atoms with E-state index in [1.807, 2.05) is 0 Å². The molecule has 70 heavy (non-hydrogen) atoms. The number of allylic oxidation sites excluding steroid dienone is 1. The van der Waals surface area contributed by atoms with Crippen LogP contribution in [0.1, 0.15) is 40.0 Å². The summed E-state index contributed by atoms with van der Waals surface area (Å²) in [4.78, 5) is 16.1. The molecule has 4 heterocycles. The highest BCUT2D eigenvalue weighted by molar-refractivity contribution is 6.17. The molecule has 6 heteroatoms. The van der Waals surface area contributed by atoms with Crippen LogP contribution in [-0.2, 0) is 11.8 Å². The third kappa shape index (κ3) is 4.94. The number of rotatable bonds is 4. The fourth-order valence-corrected chi connectivity index (χ4v) is 12.6. The van der Waals surface area contributed by atoms with Crippen LogP contribution in [0.5, 0.6) is 0 Å². The molecule has 0 N–H and O–H groups in total. The maximum absolute atomic E-state index is 6.50. The average molecular weight is 894 g/mol. The molecular formula is C64H39N5O. The number of para-hydroxylation sites is 3. The molecule has 326 valence electrons. The van der Waals surface area contributed by atoms with E-state index >= 15 is 0 Å². The lowest BCUT2D eigenvalue weighted by Gasteiger charge is -2.30. The molecule has 6 nitrogen and oxygen atoms in total. The summed E-state index contributed by atoms with van der Waals surface area (Å²) in [5.74, 6) is 2.74. The standard InChI is InChI=1S/C64H39N5O/c1-8-25-50-41(18-1)42-19-2-9-26-51(42)64(50)52-27-10-3-24-49(52)59-53(64)35-34-48-45-22-6-11-28-54(45)68(60(48)59)40-17-15-16-38(36-40)61-65-62(39-32-33-47-46-23-7-14-31-57(46)70-58(47)37-39)67-63(66-61)69-55-29-12-4-20-43(55)44-21-5-13-30-56(44)69/h1-13,15-30,32-37H,14,31H2. The summed E-state index contributed by atoms with van der Waals surface area (Å²) in [5.41, 5.74) is 19.1. The van der Waals surface area contributed by atoms with Crippen molar-refractivity contribution in [2.45, 2.75) is 18.3 Å². The van der Waals surface area contributed by atoms with Crippen molar-refractivity contribution in [2.24, 2.45) is 0 Å². The smallest absolute Gasteiger partial charge is 0.238 e. The van der Waals surface area contributed by atoms with Crippen LogP contribution in [0.3, 0.4) is 0 Å². The molecule has 0 unspecified atom stereocenters. The molecule has 0 aliphatic heterocycles. The Morgan fingerprint density at radius 2 is 1.01 bits per heavy atom. The third-order valence-corrected chi connectivity index (χ3v) is 15.4. The molecule has 0 radical (unpaired) electrons. The Morgan fingerprint density at radius 3 is 1.71 bits per heavy atom. The van der Waals surface area contributed by atoms with Crippen molar-refractivity contribution in [3.05, 3.63) is 240 Å². The first-order chi connectivity index (χ1) is 34.7. The summed E-state index contributed by atoms with van der Waals surface area (Å²) in [6, 6.07) is 72.9. The fourth-order valence-electron chi connectivity index (χ4n) is 12.6. The molecule has 0 saturated heterocycles. The Bertz CT molecular complexity index is 4350. The van der Waals surface area contributed by atoms with Crippen LogP contribution in [0, 0.1) is 0 Å². The van der Waals surface area contributed by atoms with Gasteiger partial charge in [0.2, 0.25) is 5.95 Å². The van der Waals surface area contributed by atoms with Crippen LogP contribution in [0.4, 0.5) is 0 Å². The first kappa shape index (κ1) is 37.9. The Balaban J connectivity index is 0.949. The fraction of sp³-hybridized carbons (Fsp3) is 0.0469. The quantitative estimate of drug-likeness (QED) is 0.177. The highest BCUT2D eigenvalue weighted by Crippen LogP contribution is 2.64. The van der Waals surface area contributed by atoms with E-state index in [-0.39, 0.29) is 0 Å². The average Bonchev–Trinajstić information content (AvgIpc) is 4.22. The molecule has 3 aliphatic rings. The van der Waals surface area contributed by atoms with E-state index < -0.39 is 5.41 Å². The molecule has 13 aromatic rings. The van der Waals surface area contributed by atoms with Crippen LogP contribution in [0.25, 0.3) is 117 Å². The van der Waals surface area contributed by atoms with Crippen LogP contribution < -0.4 is 0 Å². The summed E-state index contributed by atoms with van der Waals surface area (Å²) < 4.78 is 11.2. The molecule has 4 aromatic heterocycles. The number of hydrogen-bond donors (Lipinski definition) is 0. The highest BCUT2D eigenvalue weighted by Gasteiger charge is 2.52. The van der Waals surface area contributed by atoms with Gasteiger partial charge in [0.25, 0.3) is 0 Å². The summed E-state index contributed by atoms with van der Waals surface area (Å²) in [6.45, 7) is 0. The van der Waals surface area contributed by atoms with E-state index in [1.165, 1.54) is 66.4 Å². The number of benzene rings is 9. The van der Waals surface area contributed by atoms with E-state index in [1.54, 1.807) is 0 Å². The van der Waals surface area contributed by atoms with E-state index in [4.69, 9.17) is 19.4 Å². The van der Waals surface area contributed by atoms with Gasteiger partial charge in [0.1, 0.15) is 11.3 Å². The van der Waals surface area contributed by atoms with Gasteiger partial charge in [-0.25, -0.2) is 4.98 Å². The number of furan rings is 1. The van der Waals surface area contributed by atoms with Gasteiger partial charge in [-0.2, -0.15) is 9.97 Å². The van der Waals surface area contributed by atoms with E-state index in [9.17, 15) is 0 Å². The first-order valence-corrected chi connectivity index (χ1v) is 24.2. The lowest BCUT2D eigenvalue weighted by Crippen LogP contribution is -2.25. The Morgan fingerprint density at radius 1 is 0.443 bits per heavy atom. The molecule has 16 rings (SSSR count). The van der Waals surface area contributed by atoms with Crippen LogP contribution in [0.15, 0.2) is 211 Å². The minimum absolute atomic E-state index is 0.463. The minimum atomic E-state index is -0.463. The number of nitrogens with zero attached hydrogens (tertiary/aromatic N) is 5. The third-order valence-electron chi connectivity index (χ3n) is 15.4. The van der Waals surface area contributed by atoms with Crippen molar-refractivity contribution in [1.29, 1.82) is 0 Å². The molecule has 3 aliphatic carbocycles. The number of fused-ring (bicyclic) bond motifs is 20. The van der Waals surface area contributed by atoms with Crippen molar-refractivity contribution in [1.82, 2.24) is 24.1 Å². The summed E-state index contributed by atoms with van der Waals surface area (Å²) in [7, 11) is 0. The summed E-state index contributed by atoms with van der Waals surface area (Å²) in [5, 5.41) is 5.81. The zero-order chi connectivity index (χ0) is 45.7. The second kappa shape index (κ2) is 14.0. The van der Waals surface area contributed by atoms with Crippen molar-refractivity contribution in [3.8, 4) is 56.7 Å². The van der Waals surface area contributed by atoms with Crippen molar-refractivity contribution in [3.63, 3.8) is 0 Å². The maximum atomic E-state index is 6.50. The van der Waals surface area contributed by atoms with Gasteiger partial charge in [-0.05, 0) is 87.8 Å². The Labute approximate surface area is 402 Å². The molecule has 0 bridgehead atoms. The van der Waals surface area contributed by atoms with Gasteiger partial charge in [-0.15, -0.1) is 0 Å². The van der Waals surface area contributed by atoms with Crippen molar-refractivity contribution >= 4 is 60.7 Å². The highest BCUT2D eigenvalue weighted by atomic mass is 16.3. The van der Waals surface area contributed by atoms with Gasteiger partial charge in [-0.3, -0.25) is 4.57 Å². The van der Waals surface area contributed by atoms with Crippen LogP contribution >= 0.6 is 0 Å². The van der Waals surface area contributed by atoms with Crippen molar-refractivity contribution in [2.75, 3.05) is 0 Å². The van der Waals surface area contributed by atoms with Gasteiger partial charge in [0.05, 0.1) is 27.5 Å². The van der Waals surface area contributed by atoms with Crippen LogP contribution in [-0.4, -0.2) is 24.1 Å². The Hall–Kier alpha value is -9.13. The second-order valence-electron chi connectivity index (χ2n) is 18.9. The number of aromatic nitrogens is 5. The minimum Gasteiger partial charge on any atom is -0.460 e. The predicted octanol–water partition coefficient (Wildman–Crippen LogP) is 15.4. The lowest BCUT2D eigenvalue weighted by molar-refractivity contribution is 0.546. The lowest BCUT2D eigenvalue weighted by atomic mass is 9.70. The summed E-state index contributed by atoms with van der Waals surface area (Å²) >= 11 is 0. The second-order valence-corrected chi connectivity index (χ2v) is 18.9. The van der Waals surface area contributed by atoms with Crippen LogP contribution in [0.2, 0.25) is 0 Å².